The number of carbonyl (C=O) groups is 1. The van der Waals surface area contributed by atoms with E-state index in [1.54, 1.807) is 12.1 Å². The Kier molecular flexibility index (Phi) is 5.62. The zero-order valence-electron chi connectivity index (χ0n) is 10.1. The maximum atomic E-state index is 11.5. The Labute approximate surface area is 112 Å². The number of halogens is 1. The van der Waals surface area contributed by atoms with Gasteiger partial charge in [-0.15, -0.1) is 11.6 Å². The van der Waals surface area contributed by atoms with Crippen molar-refractivity contribution in [1.82, 2.24) is 0 Å². The third-order valence-electron chi connectivity index (χ3n) is 2.35. The van der Waals surface area contributed by atoms with Crippen LogP contribution in [0.3, 0.4) is 0 Å². The van der Waals surface area contributed by atoms with Crippen molar-refractivity contribution in [3.05, 3.63) is 24.3 Å². The minimum absolute atomic E-state index is 0.0905. The summed E-state index contributed by atoms with van der Waals surface area (Å²) in [5.41, 5.74) is 0.596. The predicted molar refractivity (Wildman–Crippen MR) is 72.8 cm³/mol. The number of hydrogen-bond acceptors (Lipinski definition) is 3. The van der Waals surface area contributed by atoms with Crippen LogP contribution in [-0.2, 0) is 14.6 Å². The lowest BCUT2D eigenvalue weighted by Crippen LogP contribution is -2.11. The van der Waals surface area contributed by atoms with Crippen LogP contribution in [0.4, 0.5) is 5.69 Å². The van der Waals surface area contributed by atoms with Gasteiger partial charge in [0.15, 0.2) is 9.84 Å². The minimum Gasteiger partial charge on any atom is -0.326 e. The van der Waals surface area contributed by atoms with Gasteiger partial charge in [-0.1, -0.05) is 0 Å². The third-order valence-corrected chi connectivity index (χ3v) is 3.75. The first-order valence-corrected chi connectivity index (χ1v) is 8.02. The summed E-state index contributed by atoms with van der Waals surface area (Å²) in [7, 11) is -3.19. The van der Waals surface area contributed by atoms with Crippen LogP contribution in [0.15, 0.2) is 29.2 Å². The van der Waals surface area contributed by atoms with E-state index in [1.807, 2.05) is 0 Å². The van der Waals surface area contributed by atoms with Gasteiger partial charge in [0.1, 0.15) is 0 Å². The zero-order valence-corrected chi connectivity index (χ0v) is 11.7. The molecule has 0 fully saturated rings. The quantitative estimate of drug-likeness (QED) is 0.646. The van der Waals surface area contributed by atoms with Crippen molar-refractivity contribution in [2.24, 2.45) is 0 Å². The summed E-state index contributed by atoms with van der Waals surface area (Å²) in [4.78, 5) is 11.7. The lowest BCUT2D eigenvalue weighted by atomic mass is 10.2. The van der Waals surface area contributed by atoms with Gasteiger partial charge in [-0.2, -0.15) is 0 Å². The van der Waals surface area contributed by atoms with Crippen LogP contribution in [0, 0.1) is 0 Å². The Morgan fingerprint density at radius 2 is 1.83 bits per heavy atom. The molecular formula is C12H16ClNO3S. The summed E-state index contributed by atoms with van der Waals surface area (Å²) in [5.74, 6) is 0.461. The molecule has 0 aliphatic rings. The maximum Gasteiger partial charge on any atom is 0.224 e. The van der Waals surface area contributed by atoms with Gasteiger partial charge < -0.3 is 5.32 Å². The topological polar surface area (TPSA) is 63.2 Å². The van der Waals surface area contributed by atoms with E-state index in [-0.39, 0.29) is 10.8 Å². The second kappa shape index (κ2) is 6.75. The summed E-state index contributed by atoms with van der Waals surface area (Å²) in [5, 5.41) is 2.70. The van der Waals surface area contributed by atoms with Crippen molar-refractivity contribution in [2.45, 2.75) is 24.2 Å². The summed E-state index contributed by atoms with van der Waals surface area (Å²) in [6, 6.07) is 6.11. The average Bonchev–Trinajstić information content (AvgIpc) is 2.29. The number of hydrogen-bond donors (Lipinski definition) is 1. The summed E-state index contributed by atoms with van der Waals surface area (Å²) in [6.45, 7) is 0. The second-order valence-corrected chi connectivity index (χ2v) is 6.38. The molecule has 0 bridgehead atoms. The predicted octanol–water partition coefficient (Wildman–Crippen LogP) is 2.44. The maximum absolute atomic E-state index is 11.5. The van der Waals surface area contributed by atoms with Crippen molar-refractivity contribution < 1.29 is 13.2 Å². The van der Waals surface area contributed by atoms with Gasteiger partial charge in [0.05, 0.1) is 4.90 Å². The first-order valence-electron chi connectivity index (χ1n) is 5.59. The van der Waals surface area contributed by atoms with Gasteiger partial charge in [-0.3, -0.25) is 4.79 Å². The van der Waals surface area contributed by atoms with E-state index in [9.17, 15) is 13.2 Å². The van der Waals surface area contributed by atoms with E-state index >= 15 is 0 Å². The molecule has 0 aliphatic heterocycles. The number of sulfone groups is 1. The van der Waals surface area contributed by atoms with Crippen LogP contribution >= 0.6 is 11.6 Å². The van der Waals surface area contributed by atoms with Crippen LogP contribution in [0.2, 0.25) is 0 Å². The molecule has 0 unspecified atom stereocenters. The SMILES string of the molecule is CS(=O)(=O)c1ccc(NC(=O)CCCCCl)cc1. The van der Waals surface area contributed by atoms with Gasteiger partial charge in [-0.25, -0.2) is 8.42 Å². The molecule has 1 aromatic rings. The van der Waals surface area contributed by atoms with Crippen molar-refractivity contribution in [3.8, 4) is 0 Å². The number of unbranched alkanes of at least 4 members (excludes halogenated alkanes) is 1. The molecular weight excluding hydrogens is 274 g/mol. The highest BCUT2D eigenvalue weighted by molar-refractivity contribution is 7.90. The van der Waals surface area contributed by atoms with Gasteiger partial charge in [0, 0.05) is 24.2 Å². The minimum atomic E-state index is -3.19. The highest BCUT2D eigenvalue weighted by Gasteiger charge is 2.07. The second-order valence-electron chi connectivity index (χ2n) is 3.99. The molecule has 0 aromatic heterocycles. The fraction of sp³-hybridized carbons (Fsp3) is 0.417. The smallest absolute Gasteiger partial charge is 0.224 e. The summed E-state index contributed by atoms with van der Waals surface area (Å²) >= 11 is 5.52. The number of nitrogens with one attached hydrogen (secondary N) is 1. The van der Waals surface area contributed by atoms with Gasteiger partial charge in [0.2, 0.25) is 5.91 Å². The van der Waals surface area contributed by atoms with E-state index in [4.69, 9.17) is 11.6 Å². The average molecular weight is 290 g/mol. The first kappa shape index (κ1) is 15.0. The highest BCUT2D eigenvalue weighted by atomic mass is 35.5. The Morgan fingerprint density at radius 1 is 1.22 bits per heavy atom. The van der Waals surface area contributed by atoms with Crippen LogP contribution in [-0.4, -0.2) is 26.5 Å². The Morgan fingerprint density at radius 3 is 2.33 bits per heavy atom. The Balaban J connectivity index is 2.56. The van der Waals surface area contributed by atoms with E-state index < -0.39 is 9.84 Å². The molecule has 1 rings (SSSR count). The molecule has 6 heteroatoms. The first-order chi connectivity index (χ1) is 8.43. The van der Waals surface area contributed by atoms with Crippen molar-refractivity contribution >= 4 is 33.0 Å². The molecule has 0 aliphatic carbocycles. The fourth-order valence-electron chi connectivity index (χ4n) is 1.39. The largest absolute Gasteiger partial charge is 0.326 e. The molecule has 1 N–H and O–H groups in total. The van der Waals surface area contributed by atoms with E-state index in [2.05, 4.69) is 5.32 Å². The number of carbonyl (C=O) groups excluding carboxylic acids is 1. The van der Waals surface area contributed by atoms with Crippen LogP contribution in [0.25, 0.3) is 0 Å². The molecule has 0 radical (unpaired) electrons. The molecule has 0 saturated carbocycles. The Bertz CT molecular complexity index is 497. The fourth-order valence-corrected chi connectivity index (χ4v) is 2.21. The molecule has 100 valence electrons. The summed E-state index contributed by atoms with van der Waals surface area (Å²) in [6.07, 6.45) is 3.12. The standard InChI is InChI=1S/C12H16ClNO3S/c1-18(16,17)11-7-5-10(6-8-11)14-12(15)4-2-3-9-13/h5-8H,2-4,9H2,1H3,(H,14,15). The van der Waals surface area contributed by atoms with Crippen molar-refractivity contribution in [3.63, 3.8) is 0 Å². The van der Waals surface area contributed by atoms with Crippen LogP contribution in [0.5, 0.6) is 0 Å². The van der Waals surface area contributed by atoms with E-state index in [0.717, 1.165) is 19.1 Å². The summed E-state index contributed by atoms with van der Waals surface area (Å²) < 4.78 is 22.5. The van der Waals surface area contributed by atoms with Gasteiger partial charge in [0.25, 0.3) is 0 Å². The number of rotatable bonds is 6. The van der Waals surface area contributed by atoms with Gasteiger partial charge >= 0.3 is 0 Å². The molecule has 0 heterocycles. The normalized spacial score (nSPS) is 11.2. The Hall–Kier alpha value is -1.07. The highest BCUT2D eigenvalue weighted by Crippen LogP contribution is 2.14. The molecule has 4 nitrogen and oxygen atoms in total. The van der Waals surface area contributed by atoms with Crippen LogP contribution in [0.1, 0.15) is 19.3 Å². The van der Waals surface area contributed by atoms with Crippen molar-refractivity contribution in [2.75, 3.05) is 17.5 Å². The number of amides is 1. The van der Waals surface area contributed by atoms with E-state index in [1.165, 1.54) is 12.1 Å². The number of benzene rings is 1. The zero-order chi connectivity index (χ0) is 13.6. The molecule has 0 spiro atoms. The molecule has 0 saturated heterocycles. The monoisotopic (exact) mass is 289 g/mol. The lowest BCUT2D eigenvalue weighted by molar-refractivity contribution is -0.116. The molecule has 18 heavy (non-hydrogen) atoms. The lowest BCUT2D eigenvalue weighted by Gasteiger charge is -2.05. The number of anilines is 1. The molecule has 1 amide bonds. The molecule has 1 aromatic carbocycles. The van der Waals surface area contributed by atoms with E-state index in [0.29, 0.717) is 18.0 Å². The van der Waals surface area contributed by atoms with Gasteiger partial charge in [-0.05, 0) is 37.1 Å². The number of alkyl halides is 1. The third kappa shape index (κ3) is 5.06. The van der Waals surface area contributed by atoms with Crippen LogP contribution < -0.4 is 5.32 Å². The molecule has 0 atom stereocenters. The van der Waals surface area contributed by atoms with Crippen molar-refractivity contribution in [1.29, 1.82) is 0 Å².